The summed E-state index contributed by atoms with van der Waals surface area (Å²) in [5.41, 5.74) is 0.588. The van der Waals surface area contributed by atoms with E-state index in [1.165, 1.54) is 23.5 Å². The van der Waals surface area contributed by atoms with Crippen LogP contribution in [0.15, 0.2) is 30.5 Å². The molecule has 3 nitrogen and oxygen atoms in total. The van der Waals surface area contributed by atoms with Crippen LogP contribution in [0.5, 0.6) is 0 Å². The molecule has 3 aromatic rings. The molecule has 0 radical (unpaired) electrons. The molecule has 1 N–H and O–H groups in total. The van der Waals surface area contributed by atoms with Crippen molar-refractivity contribution in [2.24, 2.45) is 0 Å². The highest BCUT2D eigenvalue weighted by molar-refractivity contribution is 7.19. The monoisotopic (exact) mass is 324 g/mol. The van der Waals surface area contributed by atoms with E-state index >= 15 is 0 Å². The van der Waals surface area contributed by atoms with E-state index in [-0.39, 0.29) is 5.82 Å². The van der Waals surface area contributed by atoms with Gasteiger partial charge in [0.2, 0.25) is 0 Å². The van der Waals surface area contributed by atoms with Crippen LogP contribution in [-0.2, 0) is 6.54 Å². The maximum absolute atomic E-state index is 13.3. The number of benzene rings is 1. The van der Waals surface area contributed by atoms with Crippen molar-refractivity contribution >= 4 is 33.0 Å². The summed E-state index contributed by atoms with van der Waals surface area (Å²) < 4.78 is 15.9. The first kappa shape index (κ1) is 14.5. The van der Waals surface area contributed by atoms with Gasteiger partial charge in [-0.25, -0.2) is 4.39 Å². The average molecular weight is 325 g/mol. The number of nitrogens with zero attached hydrogens (tertiary/aromatic N) is 2. The number of hydrogen-bond acceptors (Lipinski definition) is 3. The molecule has 3 rings (SSSR count). The van der Waals surface area contributed by atoms with E-state index in [0.29, 0.717) is 17.3 Å². The van der Waals surface area contributed by atoms with Crippen LogP contribution in [0.3, 0.4) is 0 Å². The maximum atomic E-state index is 13.3. The molecule has 0 saturated heterocycles. The van der Waals surface area contributed by atoms with Crippen molar-refractivity contribution in [3.8, 4) is 0 Å². The van der Waals surface area contributed by atoms with Gasteiger partial charge in [-0.1, -0.05) is 18.5 Å². The summed E-state index contributed by atoms with van der Waals surface area (Å²) in [6, 6.07) is 6.40. The smallest absolute Gasteiger partial charge is 0.131 e. The first-order valence-electron chi connectivity index (χ1n) is 6.68. The average Bonchev–Trinajstić information content (AvgIpc) is 3.02. The third-order valence-electron chi connectivity index (χ3n) is 3.29. The number of hydrogen-bond donors (Lipinski definition) is 1. The van der Waals surface area contributed by atoms with Crippen molar-refractivity contribution < 1.29 is 9.50 Å². The Balaban J connectivity index is 2.03. The number of rotatable bonds is 4. The molecule has 0 aliphatic heterocycles. The Labute approximate surface area is 130 Å². The second-order valence-electron chi connectivity index (χ2n) is 4.83. The van der Waals surface area contributed by atoms with Crippen LogP contribution in [0.25, 0.3) is 10.1 Å². The summed E-state index contributed by atoms with van der Waals surface area (Å²) in [5, 5.41) is 16.0. The number of aliphatic hydroxyl groups excluding tert-OH is 1. The van der Waals surface area contributed by atoms with Crippen molar-refractivity contribution in [3.63, 3.8) is 0 Å². The second-order valence-corrected chi connectivity index (χ2v) is 6.36. The fourth-order valence-electron chi connectivity index (χ4n) is 2.34. The van der Waals surface area contributed by atoms with E-state index in [1.54, 1.807) is 23.0 Å². The van der Waals surface area contributed by atoms with Crippen molar-refractivity contribution in [2.75, 3.05) is 0 Å². The lowest BCUT2D eigenvalue weighted by Crippen LogP contribution is -2.09. The van der Waals surface area contributed by atoms with Gasteiger partial charge in [0.15, 0.2) is 0 Å². The van der Waals surface area contributed by atoms with E-state index in [2.05, 4.69) is 5.10 Å². The van der Waals surface area contributed by atoms with Crippen LogP contribution < -0.4 is 0 Å². The van der Waals surface area contributed by atoms with Crippen molar-refractivity contribution in [3.05, 3.63) is 51.9 Å². The van der Waals surface area contributed by atoms with Crippen LogP contribution >= 0.6 is 22.9 Å². The fraction of sp³-hybridized carbons (Fsp3) is 0.267. The highest BCUT2D eigenvalue weighted by Gasteiger charge is 2.21. The van der Waals surface area contributed by atoms with Gasteiger partial charge in [-0.05, 0) is 36.1 Å². The summed E-state index contributed by atoms with van der Waals surface area (Å²) in [6.45, 7) is 2.73. The highest BCUT2D eigenvalue weighted by Crippen LogP contribution is 2.35. The number of fused-ring (bicyclic) bond motifs is 1. The number of aliphatic hydroxyl groups is 1. The largest absolute Gasteiger partial charge is 0.381 e. The van der Waals surface area contributed by atoms with Crippen LogP contribution in [0.4, 0.5) is 4.39 Å². The Bertz CT molecular complexity index is 783. The molecule has 0 bridgehead atoms. The molecule has 2 heterocycles. The first-order chi connectivity index (χ1) is 10.1. The Hall–Kier alpha value is -1.43. The summed E-state index contributed by atoms with van der Waals surface area (Å²) in [6.07, 6.45) is 1.59. The molecule has 21 heavy (non-hydrogen) atoms. The lowest BCUT2D eigenvalue weighted by Gasteiger charge is -2.12. The summed E-state index contributed by atoms with van der Waals surface area (Å²) in [4.78, 5) is 0.732. The third kappa shape index (κ3) is 2.69. The van der Waals surface area contributed by atoms with Gasteiger partial charge in [-0.15, -0.1) is 11.3 Å². The predicted octanol–water partition coefficient (Wildman–Crippen LogP) is 4.38. The number of aromatic nitrogens is 2. The maximum Gasteiger partial charge on any atom is 0.131 e. The van der Waals surface area contributed by atoms with E-state index < -0.39 is 6.10 Å². The van der Waals surface area contributed by atoms with E-state index in [9.17, 15) is 9.50 Å². The Kier molecular flexibility index (Phi) is 3.97. The minimum absolute atomic E-state index is 0.282. The van der Waals surface area contributed by atoms with Gasteiger partial charge in [0, 0.05) is 16.1 Å². The molecule has 0 saturated carbocycles. The normalized spacial score (nSPS) is 13.0. The van der Waals surface area contributed by atoms with Crippen LogP contribution in [0.2, 0.25) is 5.02 Å². The van der Waals surface area contributed by atoms with Crippen molar-refractivity contribution in [1.82, 2.24) is 9.78 Å². The fourth-order valence-corrected chi connectivity index (χ4v) is 3.62. The molecule has 0 aliphatic rings. The zero-order chi connectivity index (χ0) is 15.0. The summed E-state index contributed by atoms with van der Waals surface area (Å²) >= 11 is 7.58. The minimum Gasteiger partial charge on any atom is -0.381 e. The Morgan fingerprint density at radius 1 is 1.43 bits per heavy atom. The molecule has 6 heteroatoms. The van der Waals surface area contributed by atoms with Crippen LogP contribution in [0.1, 0.15) is 30.0 Å². The molecule has 0 aliphatic carbocycles. The summed E-state index contributed by atoms with van der Waals surface area (Å²) in [7, 11) is 0. The van der Waals surface area contributed by atoms with E-state index in [1.807, 2.05) is 6.92 Å². The lowest BCUT2D eigenvalue weighted by atomic mass is 10.2. The molecular weight excluding hydrogens is 311 g/mol. The van der Waals surface area contributed by atoms with Gasteiger partial charge in [-0.2, -0.15) is 5.10 Å². The van der Waals surface area contributed by atoms with Gasteiger partial charge in [0.1, 0.15) is 11.9 Å². The Morgan fingerprint density at radius 2 is 2.24 bits per heavy atom. The SMILES string of the molecule is CCCn1ncc(Cl)c1C(O)c1cc2cc(F)ccc2s1. The molecule has 1 unspecified atom stereocenters. The Morgan fingerprint density at radius 3 is 3.00 bits per heavy atom. The molecule has 1 atom stereocenters. The van der Waals surface area contributed by atoms with Gasteiger partial charge >= 0.3 is 0 Å². The minimum atomic E-state index is -0.855. The van der Waals surface area contributed by atoms with Crippen LogP contribution in [-0.4, -0.2) is 14.9 Å². The molecule has 110 valence electrons. The topological polar surface area (TPSA) is 38.0 Å². The molecule has 0 fully saturated rings. The van der Waals surface area contributed by atoms with E-state index in [0.717, 1.165) is 21.4 Å². The van der Waals surface area contributed by atoms with Gasteiger partial charge < -0.3 is 5.11 Å². The number of aryl methyl sites for hydroxylation is 1. The second kappa shape index (κ2) is 5.75. The standard InChI is InChI=1S/C15H14ClFN2OS/c1-2-5-19-14(11(16)8-18-19)15(20)13-7-9-6-10(17)3-4-12(9)21-13/h3-4,6-8,15,20H,2,5H2,1H3. The molecule has 1 aromatic carbocycles. The van der Waals surface area contributed by atoms with Crippen molar-refractivity contribution in [1.29, 1.82) is 0 Å². The molecular formula is C15H14ClFN2OS. The predicted molar refractivity (Wildman–Crippen MR) is 83.4 cm³/mol. The zero-order valence-electron chi connectivity index (χ0n) is 11.4. The summed E-state index contributed by atoms with van der Waals surface area (Å²) in [5.74, 6) is -0.282. The van der Waals surface area contributed by atoms with Crippen molar-refractivity contribution in [2.45, 2.75) is 26.0 Å². The van der Waals surface area contributed by atoms with E-state index in [4.69, 9.17) is 11.6 Å². The lowest BCUT2D eigenvalue weighted by molar-refractivity contribution is 0.211. The number of halogens is 2. The molecule has 0 spiro atoms. The van der Waals surface area contributed by atoms with Gasteiger partial charge in [-0.3, -0.25) is 4.68 Å². The van der Waals surface area contributed by atoms with Gasteiger partial charge in [0.05, 0.1) is 16.9 Å². The van der Waals surface area contributed by atoms with Crippen LogP contribution in [0, 0.1) is 5.82 Å². The zero-order valence-corrected chi connectivity index (χ0v) is 13.0. The highest BCUT2D eigenvalue weighted by atomic mass is 35.5. The first-order valence-corrected chi connectivity index (χ1v) is 7.88. The molecule has 2 aromatic heterocycles. The third-order valence-corrected chi connectivity index (χ3v) is 4.75. The quantitative estimate of drug-likeness (QED) is 0.773. The van der Waals surface area contributed by atoms with Gasteiger partial charge in [0.25, 0.3) is 0 Å². The molecule has 0 amide bonds. The number of thiophene rings is 1.